The number of sulfone groups is 1. The van der Waals surface area contributed by atoms with Gasteiger partial charge in [-0.3, -0.25) is 4.79 Å². The molecule has 1 unspecified atom stereocenters. The van der Waals surface area contributed by atoms with Crippen LogP contribution < -0.4 is 4.74 Å². The second kappa shape index (κ2) is 9.43. The van der Waals surface area contributed by atoms with Crippen molar-refractivity contribution in [1.29, 1.82) is 0 Å². The van der Waals surface area contributed by atoms with Crippen LogP contribution in [0.15, 0.2) is 47.4 Å². The Bertz CT molecular complexity index is 926. The van der Waals surface area contributed by atoms with Gasteiger partial charge >= 0.3 is 0 Å². The van der Waals surface area contributed by atoms with Crippen molar-refractivity contribution in [2.75, 3.05) is 19.9 Å². The zero-order chi connectivity index (χ0) is 20.9. The van der Waals surface area contributed by atoms with Crippen LogP contribution in [0.5, 0.6) is 5.75 Å². The third kappa shape index (κ3) is 5.97. The highest BCUT2D eigenvalue weighted by Crippen LogP contribution is 2.23. The van der Waals surface area contributed by atoms with Gasteiger partial charge in [-0.25, -0.2) is 8.42 Å². The second-order valence-electron chi connectivity index (χ2n) is 6.88. The van der Waals surface area contributed by atoms with E-state index in [-0.39, 0.29) is 16.8 Å². The first-order valence-corrected chi connectivity index (χ1v) is 11.3. The lowest BCUT2D eigenvalue weighted by molar-refractivity contribution is -0.132. The van der Waals surface area contributed by atoms with Crippen LogP contribution in [-0.2, 0) is 14.6 Å². The highest BCUT2D eigenvalue weighted by Gasteiger charge is 2.18. The van der Waals surface area contributed by atoms with E-state index < -0.39 is 9.84 Å². The predicted octanol–water partition coefficient (Wildman–Crippen LogP) is 4.43. The molecule has 0 radical (unpaired) electrons. The van der Waals surface area contributed by atoms with Crippen molar-refractivity contribution < 1.29 is 17.9 Å². The third-order valence-corrected chi connectivity index (χ3v) is 6.06. The number of nitrogens with zero attached hydrogens (tertiary/aromatic N) is 1. The zero-order valence-corrected chi connectivity index (χ0v) is 18.2. The Kier molecular flexibility index (Phi) is 7.49. The van der Waals surface area contributed by atoms with Crippen LogP contribution in [0.2, 0.25) is 5.02 Å². The quantitative estimate of drug-likeness (QED) is 0.589. The molecular formula is C21H26ClNO4S. The van der Waals surface area contributed by atoms with Gasteiger partial charge in [0.25, 0.3) is 0 Å². The van der Waals surface area contributed by atoms with Crippen LogP contribution in [0.1, 0.15) is 36.9 Å². The fourth-order valence-electron chi connectivity index (χ4n) is 2.79. The van der Waals surface area contributed by atoms with Gasteiger partial charge in [0.05, 0.1) is 17.5 Å². The van der Waals surface area contributed by atoms with E-state index in [2.05, 4.69) is 0 Å². The second-order valence-corrected chi connectivity index (χ2v) is 9.34. The topological polar surface area (TPSA) is 63.7 Å². The molecule has 0 fully saturated rings. The summed E-state index contributed by atoms with van der Waals surface area (Å²) >= 11 is 5.93. The molecule has 0 spiro atoms. The van der Waals surface area contributed by atoms with Crippen molar-refractivity contribution in [3.05, 3.63) is 58.6 Å². The number of hydrogen-bond donors (Lipinski definition) is 0. The first-order valence-electron chi connectivity index (χ1n) is 9.04. The smallest absolute Gasteiger partial charge is 0.222 e. The number of hydrogen-bond acceptors (Lipinski definition) is 4. The maximum Gasteiger partial charge on any atom is 0.222 e. The molecule has 28 heavy (non-hydrogen) atoms. The fraction of sp³-hybridized carbons (Fsp3) is 0.381. The molecule has 0 heterocycles. The van der Waals surface area contributed by atoms with Crippen LogP contribution in [0, 0.1) is 6.92 Å². The summed E-state index contributed by atoms with van der Waals surface area (Å²) in [7, 11) is -1.48. The largest absolute Gasteiger partial charge is 0.493 e. The summed E-state index contributed by atoms with van der Waals surface area (Å²) in [5.41, 5.74) is 1.85. The van der Waals surface area contributed by atoms with Crippen molar-refractivity contribution in [2.45, 2.75) is 37.6 Å². The number of aryl methyl sites for hydroxylation is 1. The van der Waals surface area contributed by atoms with Crippen molar-refractivity contribution >= 4 is 27.3 Å². The molecule has 7 heteroatoms. The number of halogens is 1. The van der Waals surface area contributed by atoms with E-state index in [1.54, 1.807) is 42.3 Å². The minimum atomic E-state index is -3.23. The summed E-state index contributed by atoms with van der Waals surface area (Å²) < 4.78 is 28.8. The van der Waals surface area contributed by atoms with E-state index in [1.165, 1.54) is 6.26 Å². The molecule has 0 saturated heterocycles. The Morgan fingerprint density at radius 1 is 1.18 bits per heavy atom. The van der Waals surface area contributed by atoms with Gasteiger partial charge in [0.15, 0.2) is 9.84 Å². The van der Waals surface area contributed by atoms with Gasteiger partial charge in [0, 0.05) is 24.7 Å². The summed E-state index contributed by atoms with van der Waals surface area (Å²) in [4.78, 5) is 14.4. The van der Waals surface area contributed by atoms with Gasteiger partial charge in [-0.2, -0.15) is 0 Å². The van der Waals surface area contributed by atoms with Crippen LogP contribution in [0.25, 0.3) is 0 Å². The lowest BCUT2D eigenvalue weighted by Crippen LogP contribution is -2.29. The summed E-state index contributed by atoms with van der Waals surface area (Å²) in [5.74, 6) is 0.778. The van der Waals surface area contributed by atoms with Crippen molar-refractivity contribution in [3.63, 3.8) is 0 Å². The molecular weight excluding hydrogens is 398 g/mol. The summed E-state index contributed by atoms with van der Waals surface area (Å²) in [6.07, 6.45) is 2.15. The van der Waals surface area contributed by atoms with Crippen molar-refractivity contribution in [1.82, 2.24) is 4.90 Å². The van der Waals surface area contributed by atoms with Gasteiger partial charge < -0.3 is 9.64 Å². The Hall–Kier alpha value is -2.05. The van der Waals surface area contributed by atoms with Gasteiger partial charge in [0.2, 0.25) is 5.91 Å². The average Bonchev–Trinajstić information content (AvgIpc) is 2.64. The number of ether oxygens (including phenoxy) is 1. The van der Waals surface area contributed by atoms with Crippen LogP contribution in [-0.4, -0.2) is 39.1 Å². The Balaban J connectivity index is 1.86. The zero-order valence-electron chi connectivity index (χ0n) is 16.6. The molecule has 2 rings (SSSR count). The lowest BCUT2D eigenvalue weighted by atomic mass is 10.1. The van der Waals surface area contributed by atoms with Gasteiger partial charge in [-0.15, -0.1) is 0 Å². The summed E-state index contributed by atoms with van der Waals surface area (Å²) in [5, 5.41) is 0.667. The number of rotatable bonds is 8. The lowest BCUT2D eigenvalue weighted by Gasteiger charge is -2.25. The summed E-state index contributed by atoms with van der Waals surface area (Å²) in [6, 6.07) is 11.9. The molecule has 152 valence electrons. The molecule has 5 nitrogen and oxygen atoms in total. The average molecular weight is 424 g/mol. The molecule has 0 N–H and O–H groups in total. The molecule has 0 bridgehead atoms. The minimum absolute atomic E-state index is 0.0103. The molecule has 0 saturated carbocycles. The molecule has 2 aromatic rings. The van der Waals surface area contributed by atoms with Crippen LogP contribution in [0.4, 0.5) is 0 Å². The minimum Gasteiger partial charge on any atom is -0.493 e. The number of carbonyl (C=O) groups excluding carboxylic acids is 1. The maximum absolute atomic E-state index is 12.5. The first kappa shape index (κ1) is 22.2. The standard InChI is InChI=1S/C21H26ClNO4S/c1-15-14-18(22)9-12-20(15)27-13-5-6-21(24)23(3)16(2)17-7-10-19(11-8-17)28(4,25)26/h7-12,14,16H,5-6,13H2,1-4H3. The Morgan fingerprint density at radius 2 is 1.82 bits per heavy atom. The van der Waals surface area contributed by atoms with E-state index in [0.717, 1.165) is 16.9 Å². The molecule has 0 aliphatic rings. The molecule has 0 aliphatic heterocycles. The van der Waals surface area contributed by atoms with E-state index in [9.17, 15) is 13.2 Å². The first-order chi connectivity index (χ1) is 13.1. The molecule has 1 atom stereocenters. The van der Waals surface area contributed by atoms with Crippen LogP contribution >= 0.6 is 11.6 Å². The fourth-order valence-corrected chi connectivity index (χ4v) is 3.65. The van der Waals surface area contributed by atoms with E-state index in [1.807, 2.05) is 26.0 Å². The highest BCUT2D eigenvalue weighted by atomic mass is 35.5. The third-order valence-electron chi connectivity index (χ3n) is 4.69. The van der Waals surface area contributed by atoms with Crippen LogP contribution in [0.3, 0.4) is 0 Å². The molecule has 0 aromatic heterocycles. The summed E-state index contributed by atoms with van der Waals surface area (Å²) in [6.45, 7) is 4.29. The molecule has 2 aromatic carbocycles. The normalized spacial score (nSPS) is 12.5. The highest BCUT2D eigenvalue weighted by molar-refractivity contribution is 7.90. The number of benzene rings is 2. The Morgan fingerprint density at radius 3 is 2.39 bits per heavy atom. The monoisotopic (exact) mass is 423 g/mol. The maximum atomic E-state index is 12.5. The number of carbonyl (C=O) groups is 1. The Labute approximate surface area is 172 Å². The van der Waals surface area contributed by atoms with Crippen molar-refractivity contribution in [3.8, 4) is 5.75 Å². The predicted molar refractivity (Wildman–Crippen MR) is 112 cm³/mol. The van der Waals surface area contributed by atoms with Crippen molar-refractivity contribution in [2.24, 2.45) is 0 Å². The molecule has 0 aliphatic carbocycles. The van der Waals surface area contributed by atoms with E-state index >= 15 is 0 Å². The van der Waals surface area contributed by atoms with Gasteiger partial charge in [-0.1, -0.05) is 23.7 Å². The van der Waals surface area contributed by atoms with Gasteiger partial charge in [0.1, 0.15) is 5.75 Å². The SMILES string of the molecule is Cc1cc(Cl)ccc1OCCCC(=O)N(C)C(C)c1ccc(S(C)(=O)=O)cc1. The number of amides is 1. The van der Waals surface area contributed by atoms with E-state index in [4.69, 9.17) is 16.3 Å². The van der Waals surface area contributed by atoms with E-state index in [0.29, 0.717) is 24.5 Å². The van der Waals surface area contributed by atoms with Gasteiger partial charge in [-0.05, 0) is 61.7 Å². The molecule has 1 amide bonds.